The molecule has 0 amide bonds. The zero-order valence-corrected chi connectivity index (χ0v) is 14.7. The van der Waals surface area contributed by atoms with Crippen LogP contribution in [0.25, 0.3) is 0 Å². The standard InChI is InChI=1S/C7H14N2O2.C5H5N3O3.2ClH/c1-8-2-4-9(5-3-8)6-7(10)11;6-7-3-4-1-2-5(11-4)8(9)10;;/h2-6H2,1H3,(H,10,11);1-3H,6H2;2*1H/b;7-3-;;. The zero-order chi connectivity index (χ0) is 16.5. The number of likely N-dealkylation sites (N-methyl/N-ethyl adjacent to an activating group) is 1. The first-order chi connectivity index (χ1) is 10.4. The molecule has 10 nitrogen and oxygen atoms in total. The summed E-state index contributed by atoms with van der Waals surface area (Å²) in [7, 11) is 2.05. The third-order valence-corrected chi connectivity index (χ3v) is 2.95. The molecule has 1 aromatic heterocycles. The number of carboxylic acids is 1. The Morgan fingerprint density at radius 1 is 1.42 bits per heavy atom. The van der Waals surface area contributed by atoms with Gasteiger partial charge in [0.1, 0.15) is 4.92 Å². The first-order valence-corrected chi connectivity index (χ1v) is 6.52. The van der Waals surface area contributed by atoms with Crippen molar-refractivity contribution in [2.75, 3.05) is 39.8 Å². The second-order valence-electron chi connectivity index (χ2n) is 4.68. The van der Waals surface area contributed by atoms with Crippen molar-refractivity contribution in [2.24, 2.45) is 10.9 Å². The van der Waals surface area contributed by atoms with E-state index in [2.05, 4.69) is 21.5 Å². The molecule has 0 unspecified atom stereocenters. The lowest BCUT2D eigenvalue weighted by atomic mass is 10.3. The van der Waals surface area contributed by atoms with E-state index in [0.29, 0.717) is 0 Å². The van der Waals surface area contributed by atoms with Gasteiger partial charge in [-0.3, -0.25) is 19.8 Å². The van der Waals surface area contributed by atoms with E-state index in [1.807, 2.05) is 4.90 Å². The fourth-order valence-electron chi connectivity index (χ4n) is 1.78. The van der Waals surface area contributed by atoms with Crippen LogP contribution < -0.4 is 5.84 Å². The number of nitro groups is 1. The number of furan rings is 1. The normalized spacial score (nSPS) is 14.9. The predicted octanol–water partition coefficient (Wildman–Crippen LogP) is 0.642. The summed E-state index contributed by atoms with van der Waals surface area (Å²) in [5.41, 5.74) is 0. The molecule has 2 heterocycles. The van der Waals surface area contributed by atoms with E-state index in [9.17, 15) is 14.9 Å². The Labute approximate surface area is 151 Å². The largest absolute Gasteiger partial charge is 0.480 e. The highest BCUT2D eigenvalue weighted by Crippen LogP contribution is 2.13. The van der Waals surface area contributed by atoms with Crippen LogP contribution in [0.15, 0.2) is 21.7 Å². The molecule has 1 aliphatic rings. The monoisotopic (exact) mass is 385 g/mol. The Morgan fingerprint density at radius 2 is 2.00 bits per heavy atom. The smallest absolute Gasteiger partial charge is 0.433 e. The summed E-state index contributed by atoms with van der Waals surface area (Å²) >= 11 is 0. The molecule has 12 heteroatoms. The van der Waals surface area contributed by atoms with Crippen LogP contribution in [-0.2, 0) is 4.79 Å². The number of halogens is 2. The Balaban J connectivity index is 0. The van der Waals surface area contributed by atoms with Gasteiger partial charge >= 0.3 is 11.9 Å². The quantitative estimate of drug-likeness (QED) is 0.333. The number of rotatable bonds is 4. The van der Waals surface area contributed by atoms with Gasteiger partial charge in [-0.05, 0) is 13.1 Å². The van der Waals surface area contributed by atoms with Crippen molar-refractivity contribution in [3.05, 3.63) is 28.0 Å². The molecule has 0 aliphatic carbocycles. The summed E-state index contributed by atoms with van der Waals surface area (Å²) in [4.78, 5) is 23.9. The number of carboxylic acid groups (broad SMARTS) is 1. The molecule has 0 radical (unpaired) electrons. The molecule has 1 saturated heterocycles. The third kappa shape index (κ3) is 9.30. The Morgan fingerprint density at radius 3 is 2.42 bits per heavy atom. The average Bonchev–Trinajstić information content (AvgIpc) is 2.91. The van der Waals surface area contributed by atoms with Crippen LogP contribution in [0.3, 0.4) is 0 Å². The number of hydrogen-bond acceptors (Lipinski definition) is 8. The summed E-state index contributed by atoms with van der Waals surface area (Å²) in [6.07, 6.45) is 1.19. The van der Waals surface area contributed by atoms with Crippen LogP contribution in [0.4, 0.5) is 5.88 Å². The summed E-state index contributed by atoms with van der Waals surface area (Å²) < 4.78 is 4.66. The summed E-state index contributed by atoms with van der Waals surface area (Å²) in [5, 5.41) is 21.7. The van der Waals surface area contributed by atoms with Gasteiger partial charge in [0.15, 0.2) is 5.76 Å². The first-order valence-electron chi connectivity index (χ1n) is 6.52. The van der Waals surface area contributed by atoms with E-state index in [1.54, 1.807) is 0 Å². The lowest BCUT2D eigenvalue weighted by Crippen LogP contribution is -2.46. The maximum absolute atomic E-state index is 10.3. The number of carbonyl (C=O) groups is 1. The highest BCUT2D eigenvalue weighted by Gasteiger charge is 2.15. The van der Waals surface area contributed by atoms with Gasteiger partial charge in [0, 0.05) is 26.2 Å². The molecule has 2 rings (SSSR count). The predicted molar refractivity (Wildman–Crippen MR) is 93.2 cm³/mol. The minimum absolute atomic E-state index is 0. The number of hydrogen-bond donors (Lipinski definition) is 2. The van der Waals surface area contributed by atoms with Crippen molar-refractivity contribution in [3.63, 3.8) is 0 Å². The third-order valence-electron chi connectivity index (χ3n) is 2.95. The van der Waals surface area contributed by atoms with E-state index < -0.39 is 10.9 Å². The van der Waals surface area contributed by atoms with Crippen molar-refractivity contribution in [3.8, 4) is 0 Å². The van der Waals surface area contributed by atoms with Crippen molar-refractivity contribution >= 4 is 42.9 Å². The Kier molecular flexibility index (Phi) is 12.7. The molecule has 1 aromatic rings. The maximum atomic E-state index is 10.3. The fourth-order valence-corrected chi connectivity index (χ4v) is 1.78. The number of aliphatic carboxylic acids is 1. The van der Waals surface area contributed by atoms with Gasteiger partial charge in [0.05, 0.1) is 18.8 Å². The zero-order valence-electron chi connectivity index (χ0n) is 13.0. The average molecular weight is 386 g/mol. The molecular weight excluding hydrogens is 365 g/mol. The Hall–Kier alpha value is -1.88. The molecule has 3 N–H and O–H groups in total. The van der Waals surface area contributed by atoms with Gasteiger partial charge in [0.2, 0.25) is 0 Å². The van der Waals surface area contributed by atoms with E-state index in [-0.39, 0.29) is 43.0 Å². The van der Waals surface area contributed by atoms with E-state index in [0.717, 1.165) is 26.2 Å². The summed E-state index contributed by atoms with van der Waals surface area (Å²) in [5.74, 6) is 4.00. The highest BCUT2D eigenvalue weighted by atomic mass is 35.5. The molecule has 0 spiro atoms. The topological polar surface area (TPSA) is 138 Å². The van der Waals surface area contributed by atoms with Crippen LogP contribution in [-0.4, -0.2) is 71.8 Å². The van der Waals surface area contributed by atoms with Crippen LogP contribution in [0.2, 0.25) is 0 Å². The lowest BCUT2D eigenvalue weighted by molar-refractivity contribution is -0.402. The first kappa shape index (κ1) is 24.4. The minimum atomic E-state index is -0.727. The van der Waals surface area contributed by atoms with Crippen LogP contribution in [0, 0.1) is 10.1 Å². The summed E-state index contributed by atoms with van der Waals surface area (Å²) in [6, 6.07) is 2.64. The molecule has 138 valence electrons. The van der Waals surface area contributed by atoms with Crippen molar-refractivity contribution in [1.82, 2.24) is 9.80 Å². The molecule has 24 heavy (non-hydrogen) atoms. The van der Waals surface area contributed by atoms with Crippen LogP contribution >= 0.6 is 24.8 Å². The number of piperazine rings is 1. The molecule has 1 aliphatic heterocycles. The molecule has 0 atom stereocenters. The number of nitrogens with zero attached hydrogens (tertiary/aromatic N) is 4. The molecule has 0 aromatic carbocycles. The van der Waals surface area contributed by atoms with Gasteiger partial charge < -0.3 is 20.3 Å². The van der Waals surface area contributed by atoms with Crippen molar-refractivity contribution < 1.29 is 19.2 Å². The molecule has 0 saturated carbocycles. The minimum Gasteiger partial charge on any atom is -0.480 e. The van der Waals surface area contributed by atoms with Gasteiger partial charge in [-0.2, -0.15) is 5.10 Å². The van der Waals surface area contributed by atoms with Gasteiger partial charge in [0.25, 0.3) is 0 Å². The second-order valence-corrected chi connectivity index (χ2v) is 4.68. The maximum Gasteiger partial charge on any atom is 0.433 e. The van der Waals surface area contributed by atoms with Gasteiger partial charge in [-0.1, -0.05) is 0 Å². The van der Waals surface area contributed by atoms with Gasteiger partial charge in [-0.25, -0.2) is 0 Å². The summed E-state index contributed by atoms with van der Waals surface area (Å²) in [6.45, 7) is 3.90. The molecule has 0 bridgehead atoms. The van der Waals surface area contributed by atoms with E-state index in [1.165, 1.54) is 18.3 Å². The van der Waals surface area contributed by atoms with Crippen LogP contribution in [0.1, 0.15) is 5.76 Å². The second kappa shape index (κ2) is 12.5. The highest BCUT2D eigenvalue weighted by molar-refractivity contribution is 5.85. The van der Waals surface area contributed by atoms with E-state index in [4.69, 9.17) is 10.9 Å². The SMILES string of the molecule is CN1CCN(CC(=O)O)CC1.Cl.Cl.N/N=C\c1ccc([N+](=O)[O-])o1. The van der Waals surface area contributed by atoms with E-state index >= 15 is 0 Å². The molecular formula is C12H21Cl2N5O5. The van der Waals surface area contributed by atoms with Crippen molar-refractivity contribution in [2.45, 2.75) is 0 Å². The number of nitrogens with two attached hydrogens (primary N) is 1. The van der Waals surface area contributed by atoms with Crippen LogP contribution in [0.5, 0.6) is 0 Å². The fraction of sp³-hybridized carbons (Fsp3) is 0.500. The Bertz CT molecular complexity index is 532. The van der Waals surface area contributed by atoms with Crippen molar-refractivity contribution in [1.29, 1.82) is 0 Å². The molecule has 1 fully saturated rings. The number of hydrazone groups is 1. The lowest BCUT2D eigenvalue weighted by Gasteiger charge is -2.30. The van der Waals surface area contributed by atoms with Gasteiger partial charge in [-0.15, -0.1) is 24.8 Å².